The summed E-state index contributed by atoms with van der Waals surface area (Å²) in [5.41, 5.74) is 0. The van der Waals surface area contributed by atoms with E-state index in [1.807, 2.05) is 0 Å². The molecule has 20 heavy (non-hydrogen) atoms. The van der Waals surface area contributed by atoms with Gasteiger partial charge in [0.15, 0.2) is 6.04 Å². The summed E-state index contributed by atoms with van der Waals surface area (Å²) in [7, 11) is 4.20. The summed E-state index contributed by atoms with van der Waals surface area (Å²) in [5.74, 6) is -0.129. The van der Waals surface area contributed by atoms with Crippen molar-refractivity contribution in [2.45, 2.75) is 6.04 Å². The highest BCUT2D eigenvalue weighted by Crippen LogP contribution is 2.20. The van der Waals surface area contributed by atoms with E-state index < -0.39 is 12.0 Å². The number of rotatable bonds is 4. The molecule has 1 fully saturated rings. The number of hydrogen-bond acceptors (Lipinski definition) is 9. The summed E-state index contributed by atoms with van der Waals surface area (Å²) < 4.78 is 20.0. The fraction of sp³-hybridized carbons (Fsp3) is 0.636. The van der Waals surface area contributed by atoms with Crippen molar-refractivity contribution in [2.24, 2.45) is 0 Å². The number of esters is 1. The van der Waals surface area contributed by atoms with Crippen molar-refractivity contribution >= 4 is 11.9 Å². The lowest BCUT2D eigenvalue weighted by molar-refractivity contribution is -0.144. The molecule has 0 amide bonds. The van der Waals surface area contributed by atoms with Crippen LogP contribution in [0, 0.1) is 0 Å². The van der Waals surface area contributed by atoms with Crippen LogP contribution >= 0.6 is 0 Å². The molecule has 0 bridgehead atoms. The zero-order valence-corrected chi connectivity index (χ0v) is 11.5. The quantitative estimate of drug-likeness (QED) is 0.663. The number of nitrogens with zero attached hydrogens (tertiary/aromatic N) is 4. The van der Waals surface area contributed by atoms with Crippen molar-refractivity contribution in [3.8, 4) is 12.0 Å². The van der Waals surface area contributed by atoms with Crippen molar-refractivity contribution in [3.63, 3.8) is 0 Å². The molecule has 1 aliphatic rings. The van der Waals surface area contributed by atoms with Gasteiger partial charge in [0.05, 0.1) is 34.5 Å². The summed E-state index contributed by atoms with van der Waals surface area (Å²) >= 11 is 0. The molecule has 110 valence electrons. The van der Waals surface area contributed by atoms with Crippen molar-refractivity contribution < 1.29 is 23.7 Å². The third-order valence-corrected chi connectivity index (χ3v) is 2.81. The van der Waals surface area contributed by atoms with Gasteiger partial charge in [-0.25, -0.2) is 4.79 Å². The van der Waals surface area contributed by atoms with E-state index in [0.717, 1.165) is 0 Å². The second-order valence-electron chi connectivity index (χ2n) is 3.92. The van der Waals surface area contributed by atoms with Gasteiger partial charge < -0.3 is 23.8 Å². The lowest BCUT2D eigenvalue weighted by Crippen LogP contribution is -2.51. The molecule has 1 atom stereocenters. The molecule has 1 aromatic heterocycles. The smallest absolute Gasteiger partial charge is 0.331 e. The second-order valence-corrected chi connectivity index (χ2v) is 3.92. The van der Waals surface area contributed by atoms with Gasteiger partial charge >= 0.3 is 18.0 Å². The predicted octanol–water partition coefficient (Wildman–Crippen LogP) is -0.733. The van der Waals surface area contributed by atoms with Gasteiger partial charge in [0, 0.05) is 6.54 Å². The Morgan fingerprint density at radius 1 is 1.20 bits per heavy atom. The lowest BCUT2D eigenvalue weighted by atomic mass is 10.2. The van der Waals surface area contributed by atoms with Gasteiger partial charge in [0.2, 0.25) is 5.95 Å². The van der Waals surface area contributed by atoms with Crippen LogP contribution < -0.4 is 14.4 Å². The van der Waals surface area contributed by atoms with Crippen molar-refractivity contribution in [3.05, 3.63) is 0 Å². The number of aromatic nitrogens is 3. The Bertz CT molecular complexity index is 462. The van der Waals surface area contributed by atoms with Crippen LogP contribution in [0.5, 0.6) is 12.0 Å². The monoisotopic (exact) mass is 284 g/mol. The molecule has 1 saturated heterocycles. The maximum atomic E-state index is 11.8. The van der Waals surface area contributed by atoms with Crippen LogP contribution in [-0.4, -0.2) is 68.1 Å². The molecule has 0 radical (unpaired) electrons. The van der Waals surface area contributed by atoms with Gasteiger partial charge in [0.1, 0.15) is 0 Å². The summed E-state index contributed by atoms with van der Waals surface area (Å²) in [6, 6.07) is -0.380. The topological polar surface area (TPSA) is 95.9 Å². The van der Waals surface area contributed by atoms with Gasteiger partial charge in [-0.3, -0.25) is 0 Å². The molecule has 0 N–H and O–H groups in total. The Hall–Kier alpha value is -2.16. The average molecular weight is 284 g/mol. The van der Waals surface area contributed by atoms with Crippen LogP contribution in [0.1, 0.15) is 0 Å². The highest BCUT2D eigenvalue weighted by atomic mass is 16.5. The van der Waals surface area contributed by atoms with Crippen LogP contribution in [0.25, 0.3) is 0 Å². The highest BCUT2D eigenvalue weighted by Gasteiger charge is 2.32. The Kier molecular flexibility index (Phi) is 4.51. The number of carbonyl (C=O) groups excluding carboxylic acids is 1. The van der Waals surface area contributed by atoms with E-state index in [2.05, 4.69) is 15.0 Å². The summed E-state index contributed by atoms with van der Waals surface area (Å²) in [6.07, 6.45) is 0. The molecule has 2 heterocycles. The fourth-order valence-electron chi connectivity index (χ4n) is 1.81. The molecule has 9 heteroatoms. The maximum absolute atomic E-state index is 11.8. The number of ether oxygens (including phenoxy) is 4. The van der Waals surface area contributed by atoms with Crippen LogP contribution in [-0.2, 0) is 14.3 Å². The zero-order valence-electron chi connectivity index (χ0n) is 11.5. The second kappa shape index (κ2) is 6.33. The van der Waals surface area contributed by atoms with Crippen LogP contribution in [0.2, 0.25) is 0 Å². The first-order chi connectivity index (χ1) is 9.69. The molecule has 0 aromatic carbocycles. The van der Waals surface area contributed by atoms with E-state index in [9.17, 15) is 4.79 Å². The van der Waals surface area contributed by atoms with Crippen molar-refractivity contribution in [2.75, 3.05) is 46.0 Å². The fourth-order valence-corrected chi connectivity index (χ4v) is 1.81. The van der Waals surface area contributed by atoms with E-state index in [0.29, 0.717) is 13.2 Å². The van der Waals surface area contributed by atoms with E-state index in [4.69, 9.17) is 18.9 Å². The van der Waals surface area contributed by atoms with E-state index in [-0.39, 0.29) is 24.6 Å². The first-order valence-electron chi connectivity index (χ1n) is 5.96. The van der Waals surface area contributed by atoms with Crippen molar-refractivity contribution in [1.29, 1.82) is 0 Å². The average Bonchev–Trinajstić information content (AvgIpc) is 2.53. The van der Waals surface area contributed by atoms with E-state index in [1.165, 1.54) is 21.3 Å². The third kappa shape index (κ3) is 2.87. The van der Waals surface area contributed by atoms with Crippen molar-refractivity contribution in [1.82, 2.24) is 15.0 Å². The van der Waals surface area contributed by atoms with Gasteiger partial charge in [-0.15, -0.1) is 4.98 Å². The SMILES string of the molecule is COC(=O)C1COCCN1c1nc(OC)nc(OC)n1. The van der Waals surface area contributed by atoms with Crippen LogP contribution in [0.15, 0.2) is 0 Å². The van der Waals surface area contributed by atoms with Gasteiger partial charge in [-0.05, 0) is 0 Å². The number of carbonyl (C=O) groups is 1. The molecule has 0 spiro atoms. The summed E-state index contributed by atoms with van der Waals surface area (Å²) in [6.45, 7) is 1.13. The molecule has 0 saturated carbocycles. The Balaban J connectivity index is 2.33. The van der Waals surface area contributed by atoms with Crippen LogP contribution in [0.3, 0.4) is 0 Å². The largest absolute Gasteiger partial charge is 0.467 e. The summed E-state index contributed by atoms with van der Waals surface area (Å²) in [4.78, 5) is 25.6. The molecule has 1 aromatic rings. The first-order valence-corrected chi connectivity index (χ1v) is 5.96. The Morgan fingerprint density at radius 3 is 2.40 bits per heavy atom. The zero-order chi connectivity index (χ0) is 14.5. The minimum absolute atomic E-state index is 0.113. The number of methoxy groups -OCH3 is 3. The molecule has 1 aliphatic heterocycles. The number of morpholine rings is 1. The van der Waals surface area contributed by atoms with E-state index >= 15 is 0 Å². The highest BCUT2D eigenvalue weighted by molar-refractivity contribution is 5.79. The van der Waals surface area contributed by atoms with Crippen LogP contribution in [0.4, 0.5) is 5.95 Å². The minimum atomic E-state index is -0.606. The van der Waals surface area contributed by atoms with Gasteiger partial charge in [-0.2, -0.15) is 9.97 Å². The standard InChI is InChI=1S/C11H16N4O5/c1-17-8(16)7-6-20-5-4-15(7)9-12-10(18-2)14-11(13-9)19-3/h7H,4-6H2,1-3H3. The van der Waals surface area contributed by atoms with Gasteiger partial charge in [0.25, 0.3) is 0 Å². The lowest BCUT2D eigenvalue weighted by Gasteiger charge is -2.33. The number of hydrogen-bond donors (Lipinski definition) is 0. The molecule has 1 unspecified atom stereocenters. The number of anilines is 1. The maximum Gasteiger partial charge on any atom is 0.331 e. The van der Waals surface area contributed by atoms with Gasteiger partial charge in [-0.1, -0.05) is 0 Å². The molecule has 0 aliphatic carbocycles. The molecular formula is C11H16N4O5. The summed E-state index contributed by atoms with van der Waals surface area (Å²) in [5, 5.41) is 0. The molecule has 9 nitrogen and oxygen atoms in total. The molecule has 2 rings (SSSR count). The predicted molar refractivity (Wildman–Crippen MR) is 66.9 cm³/mol. The normalized spacial score (nSPS) is 18.6. The Labute approximate surface area is 115 Å². The Morgan fingerprint density at radius 2 is 1.85 bits per heavy atom. The van der Waals surface area contributed by atoms with E-state index in [1.54, 1.807) is 4.90 Å². The minimum Gasteiger partial charge on any atom is -0.467 e. The third-order valence-electron chi connectivity index (χ3n) is 2.81. The first kappa shape index (κ1) is 14.3. The molecular weight excluding hydrogens is 268 g/mol.